The van der Waals surface area contributed by atoms with Gasteiger partial charge in [-0.15, -0.1) is 5.10 Å². The van der Waals surface area contributed by atoms with Crippen LogP contribution in [0.5, 0.6) is 0 Å². The molecule has 0 bridgehead atoms. The van der Waals surface area contributed by atoms with Gasteiger partial charge in [0.25, 0.3) is 0 Å². The highest BCUT2D eigenvalue weighted by molar-refractivity contribution is 5.69. The zero-order chi connectivity index (χ0) is 9.97. The molecule has 5 heteroatoms. The van der Waals surface area contributed by atoms with Gasteiger partial charge in [-0.05, 0) is 30.5 Å². The summed E-state index contributed by atoms with van der Waals surface area (Å²) in [7, 11) is 0. The first-order valence-electron chi connectivity index (χ1n) is 4.67. The maximum absolute atomic E-state index is 5.50. The molecule has 0 aliphatic carbocycles. The second kappa shape index (κ2) is 3.71. The normalized spacial score (nSPS) is 13.3. The van der Waals surface area contributed by atoms with Gasteiger partial charge in [-0.2, -0.15) is 10.3 Å². The number of pyridine rings is 1. The minimum atomic E-state index is 0.425. The molecule has 0 aliphatic rings. The monoisotopic (exact) mass is 191 g/mol. The van der Waals surface area contributed by atoms with E-state index in [1.54, 1.807) is 0 Å². The number of nitrogens with zero attached hydrogens (tertiary/aromatic N) is 3. The molecule has 2 heterocycles. The molecule has 0 saturated carbocycles. The van der Waals surface area contributed by atoms with Crippen molar-refractivity contribution in [1.29, 1.82) is 0 Å². The number of nitrogens with two attached hydrogens (primary N) is 1. The van der Waals surface area contributed by atoms with Crippen molar-refractivity contribution in [1.82, 2.24) is 20.4 Å². The summed E-state index contributed by atoms with van der Waals surface area (Å²) in [5.41, 5.74) is 8.14. The number of aromatic nitrogens is 4. The maximum atomic E-state index is 5.50. The third-order valence-electron chi connectivity index (χ3n) is 2.36. The van der Waals surface area contributed by atoms with Crippen molar-refractivity contribution in [3.63, 3.8) is 0 Å². The van der Waals surface area contributed by atoms with Crippen molar-refractivity contribution in [2.45, 2.75) is 19.3 Å². The van der Waals surface area contributed by atoms with E-state index in [4.69, 9.17) is 5.73 Å². The topological polar surface area (TPSA) is 80.5 Å². The number of H-pyrrole nitrogens is 1. The lowest BCUT2D eigenvalue weighted by molar-refractivity contribution is 0.688. The van der Waals surface area contributed by atoms with E-state index in [0.717, 1.165) is 17.5 Å². The molecule has 3 N–H and O–H groups in total. The van der Waals surface area contributed by atoms with E-state index in [2.05, 4.69) is 27.3 Å². The Morgan fingerprint density at radius 1 is 1.50 bits per heavy atom. The minimum absolute atomic E-state index is 0.425. The molecule has 0 saturated heterocycles. The average Bonchev–Trinajstić information content (AvgIpc) is 2.64. The van der Waals surface area contributed by atoms with Crippen molar-refractivity contribution < 1.29 is 0 Å². The Bertz CT molecular complexity index is 422. The van der Waals surface area contributed by atoms with Crippen LogP contribution >= 0.6 is 0 Å². The molecule has 0 aliphatic heterocycles. The smallest absolute Gasteiger partial charge is 0.201 e. The summed E-state index contributed by atoms with van der Waals surface area (Å²) in [6.45, 7) is 2.83. The number of rotatable bonds is 3. The second-order valence-corrected chi connectivity index (χ2v) is 3.41. The van der Waals surface area contributed by atoms with Crippen molar-refractivity contribution in [3.8, 4) is 0 Å². The molecule has 2 aromatic heterocycles. The highest BCUT2D eigenvalue weighted by atomic mass is 15.3. The van der Waals surface area contributed by atoms with Crippen LogP contribution in [0.25, 0.3) is 11.2 Å². The average molecular weight is 191 g/mol. The molecule has 2 rings (SSSR count). The predicted octanol–water partition coefficient (Wildman–Crippen LogP) is 0.805. The number of nitrogens with one attached hydrogen (secondary N) is 1. The first-order valence-corrected chi connectivity index (χ1v) is 4.67. The molecule has 14 heavy (non-hydrogen) atoms. The third-order valence-corrected chi connectivity index (χ3v) is 2.36. The lowest BCUT2D eigenvalue weighted by atomic mass is 10.00. The SMILES string of the molecule is CC(CCN)c1cnc2n[nH]nc2c1. The highest BCUT2D eigenvalue weighted by Gasteiger charge is 2.07. The number of hydrogen-bond acceptors (Lipinski definition) is 4. The van der Waals surface area contributed by atoms with Gasteiger partial charge in [0.05, 0.1) is 0 Å². The molecule has 0 spiro atoms. The Labute approximate surface area is 81.7 Å². The summed E-state index contributed by atoms with van der Waals surface area (Å²) >= 11 is 0. The Balaban J connectivity index is 2.33. The zero-order valence-corrected chi connectivity index (χ0v) is 8.07. The lowest BCUT2D eigenvalue weighted by Crippen LogP contribution is -2.04. The number of fused-ring (bicyclic) bond motifs is 1. The van der Waals surface area contributed by atoms with E-state index in [0.29, 0.717) is 18.1 Å². The summed E-state index contributed by atoms with van der Waals surface area (Å²) in [6, 6.07) is 2.01. The largest absolute Gasteiger partial charge is 0.330 e. The van der Waals surface area contributed by atoms with Crippen LogP contribution in [0.1, 0.15) is 24.8 Å². The standard InChI is InChI=1S/C9H13N5/c1-6(2-3-10)7-4-8-9(11-5-7)13-14-12-8/h4-6H,2-3,10H2,1H3,(H,11,12,13,14). The van der Waals surface area contributed by atoms with E-state index in [1.807, 2.05) is 12.3 Å². The summed E-state index contributed by atoms with van der Waals surface area (Å²) in [5.74, 6) is 0.425. The highest BCUT2D eigenvalue weighted by Crippen LogP contribution is 2.19. The molecule has 74 valence electrons. The Morgan fingerprint density at radius 3 is 3.14 bits per heavy atom. The fourth-order valence-corrected chi connectivity index (χ4v) is 1.44. The summed E-state index contributed by atoms with van der Waals surface area (Å²) in [4.78, 5) is 4.20. The molecule has 0 radical (unpaired) electrons. The van der Waals surface area contributed by atoms with Crippen LogP contribution in [0.2, 0.25) is 0 Å². The van der Waals surface area contributed by atoms with Gasteiger partial charge in [0, 0.05) is 6.20 Å². The summed E-state index contributed by atoms with van der Waals surface area (Å²) in [6.07, 6.45) is 2.80. The molecule has 2 aromatic rings. The van der Waals surface area contributed by atoms with Crippen LogP contribution in [-0.4, -0.2) is 26.9 Å². The number of aromatic amines is 1. The second-order valence-electron chi connectivity index (χ2n) is 3.41. The Hall–Kier alpha value is -1.49. The van der Waals surface area contributed by atoms with Crippen LogP contribution in [0, 0.1) is 0 Å². The van der Waals surface area contributed by atoms with Crippen molar-refractivity contribution in [3.05, 3.63) is 17.8 Å². The molecule has 5 nitrogen and oxygen atoms in total. The van der Waals surface area contributed by atoms with Crippen LogP contribution in [0.4, 0.5) is 0 Å². The van der Waals surface area contributed by atoms with Crippen LogP contribution in [0.3, 0.4) is 0 Å². The van der Waals surface area contributed by atoms with E-state index >= 15 is 0 Å². The van der Waals surface area contributed by atoms with Crippen molar-refractivity contribution >= 4 is 11.2 Å². The van der Waals surface area contributed by atoms with Crippen molar-refractivity contribution in [2.24, 2.45) is 5.73 Å². The van der Waals surface area contributed by atoms with Gasteiger partial charge >= 0.3 is 0 Å². The molecular formula is C9H13N5. The first kappa shape index (κ1) is 9.08. The molecular weight excluding hydrogens is 178 g/mol. The minimum Gasteiger partial charge on any atom is -0.330 e. The number of hydrogen-bond donors (Lipinski definition) is 2. The lowest BCUT2D eigenvalue weighted by Gasteiger charge is -2.08. The van der Waals surface area contributed by atoms with Crippen LogP contribution in [-0.2, 0) is 0 Å². The molecule has 0 fully saturated rings. The van der Waals surface area contributed by atoms with Crippen LogP contribution in [0.15, 0.2) is 12.3 Å². The molecule has 0 amide bonds. The van der Waals surface area contributed by atoms with Gasteiger partial charge < -0.3 is 5.73 Å². The van der Waals surface area contributed by atoms with Crippen LogP contribution < -0.4 is 5.73 Å². The quantitative estimate of drug-likeness (QED) is 0.752. The van der Waals surface area contributed by atoms with Gasteiger partial charge in [0.1, 0.15) is 5.52 Å². The van der Waals surface area contributed by atoms with E-state index in [9.17, 15) is 0 Å². The maximum Gasteiger partial charge on any atom is 0.201 e. The Morgan fingerprint density at radius 2 is 2.36 bits per heavy atom. The molecule has 0 aromatic carbocycles. The van der Waals surface area contributed by atoms with E-state index in [-0.39, 0.29) is 0 Å². The molecule has 1 unspecified atom stereocenters. The third kappa shape index (κ3) is 1.58. The Kier molecular flexibility index (Phi) is 2.41. The predicted molar refractivity (Wildman–Crippen MR) is 53.8 cm³/mol. The van der Waals surface area contributed by atoms with Crippen molar-refractivity contribution in [2.75, 3.05) is 6.54 Å². The van der Waals surface area contributed by atoms with E-state index in [1.165, 1.54) is 0 Å². The summed E-state index contributed by atoms with van der Waals surface area (Å²) < 4.78 is 0. The van der Waals surface area contributed by atoms with Gasteiger partial charge in [0.15, 0.2) is 0 Å². The zero-order valence-electron chi connectivity index (χ0n) is 8.07. The first-order chi connectivity index (χ1) is 6.81. The summed E-state index contributed by atoms with van der Waals surface area (Å²) in [5, 5.41) is 10.4. The van der Waals surface area contributed by atoms with Gasteiger partial charge in [-0.1, -0.05) is 6.92 Å². The van der Waals surface area contributed by atoms with E-state index < -0.39 is 0 Å². The van der Waals surface area contributed by atoms with Gasteiger partial charge in [-0.25, -0.2) is 4.98 Å². The fraction of sp³-hybridized carbons (Fsp3) is 0.444. The van der Waals surface area contributed by atoms with Gasteiger partial charge in [-0.3, -0.25) is 0 Å². The fourth-order valence-electron chi connectivity index (χ4n) is 1.44. The molecule has 1 atom stereocenters. The van der Waals surface area contributed by atoms with Gasteiger partial charge in [0.2, 0.25) is 5.65 Å².